The van der Waals surface area contributed by atoms with Crippen molar-refractivity contribution in [3.05, 3.63) is 35.6 Å². The van der Waals surface area contributed by atoms with Crippen molar-refractivity contribution >= 4 is 5.97 Å². The molecule has 116 valence electrons. The van der Waals surface area contributed by atoms with Crippen molar-refractivity contribution in [2.24, 2.45) is 0 Å². The Labute approximate surface area is 124 Å². The van der Waals surface area contributed by atoms with Gasteiger partial charge in [0.1, 0.15) is 12.4 Å². The van der Waals surface area contributed by atoms with Crippen LogP contribution in [0.2, 0.25) is 0 Å². The first-order valence-corrected chi connectivity index (χ1v) is 7.36. The maximum atomic E-state index is 13.2. The van der Waals surface area contributed by atoms with Crippen LogP contribution in [0.5, 0.6) is 0 Å². The SMILES string of the molecule is CC(Cc1cccc(F)c1)N1CCC(OCC(=O)O)CC1. The smallest absolute Gasteiger partial charge is 0.329 e. The number of hydrogen-bond donors (Lipinski definition) is 1. The zero-order valence-corrected chi connectivity index (χ0v) is 12.3. The van der Waals surface area contributed by atoms with E-state index in [0.29, 0.717) is 6.04 Å². The number of hydrogen-bond acceptors (Lipinski definition) is 3. The van der Waals surface area contributed by atoms with E-state index in [0.717, 1.165) is 37.9 Å². The molecule has 1 fully saturated rings. The number of ether oxygens (including phenoxy) is 1. The monoisotopic (exact) mass is 295 g/mol. The van der Waals surface area contributed by atoms with E-state index in [-0.39, 0.29) is 18.5 Å². The summed E-state index contributed by atoms with van der Waals surface area (Å²) >= 11 is 0. The Morgan fingerprint density at radius 1 is 1.48 bits per heavy atom. The van der Waals surface area contributed by atoms with Gasteiger partial charge in [-0.1, -0.05) is 12.1 Å². The lowest BCUT2D eigenvalue weighted by molar-refractivity contribution is -0.145. The number of rotatable bonds is 6. The molecule has 0 bridgehead atoms. The Morgan fingerprint density at radius 2 is 2.19 bits per heavy atom. The maximum absolute atomic E-state index is 13.2. The highest BCUT2D eigenvalue weighted by atomic mass is 19.1. The molecule has 21 heavy (non-hydrogen) atoms. The Balaban J connectivity index is 1.77. The van der Waals surface area contributed by atoms with Gasteiger partial charge in [-0.25, -0.2) is 9.18 Å². The highest BCUT2D eigenvalue weighted by molar-refractivity contribution is 5.68. The molecule has 0 radical (unpaired) electrons. The van der Waals surface area contributed by atoms with Crippen LogP contribution in [0.25, 0.3) is 0 Å². The van der Waals surface area contributed by atoms with Gasteiger partial charge in [0, 0.05) is 19.1 Å². The molecule has 1 aromatic rings. The zero-order chi connectivity index (χ0) is 15.2. The van der Waals surface area contributed by atoms with Gasteiger partial charge in [-0.3, -0.25) is 0 Å². The Morgan fingerprint density at radius 3 is 2.81 bits per heavy atom. The average Bonchev–Trinajstić information content (AvgIpc) is 2.45. The Hall–Kier alpha value is -1.46. The number of piperidine rings is 1. The molecular formula is C16H22FNO3. The number of carbonyl (C=O) groups is 1. The number of carboxylic acid groups (broad SMARTS) is 1. The minimum Gasteiger partial charge on any atom is -0.480 e. The van der Waals surface area contributed by atoms with Gasteiger partial charge in [0.05, 0.1) is 6.10 Å². The molecule has 1 aromatic carbocycles. The summed E-state index contributed by atoms with van der Waals surface area (Å²) in [4.78, 5) is 12.8. The third-order valence-electron chi connectivity index (χ3n) is 3.96. The fraction of sp³-hybridized carbons (Fsp3) is 0.562. The number of likely N-dealkylation sites (tertiary alicyclic amines) is 1. The molecule has 1 saturated heterocycles. The molecule has 1 unspecified atom stereocenters. The van der Waals surface area contributed by atoms with E-state index in [1.54, 1.807) is 12.1 Å². The lowest BCUT2D eigenvalue weighted by Crippen LogP contribution is -2.43. The van der Waals surface area contributed by atoms with Crippen LogP contribution >= 0.6 is 0 Å². The molecule has 5 heteroatoms. The second-order valence-corrected chi connectivity index (χ2v) is 5.62. The van der Waals surface area contributed by atoms with Crippen molar-refractivity contribution in [3.63, 3.8) is 0 Å². The van der Waals surface area contributed by atoms with Crippen LogP contribution in [0.15, 0.2) is 24.3 Å². The molecule has 2 rings (SSSR count). The van der Waals surface area contributed by atoms with Crippen LogP contribution in [0.1, 0.15) is 25.3 Å². The van der Waals surface area contributed by atoms with E-state index in [1.807, 2.05) is 6.07 Å². The second kappa shape index (κ2) is 7.52. The third kappa shape index (κ3) is 5.10. The summed E-state index contributed by atoms with van der Waals surface area (Å²) in [5.41, 5.74) is 1.01. The highest BCUT2D eigenvalue weighted by Gasteiger charge is 2.23. The first kappa shape index (κ1) is 15.9. The van der Waals surface area contributed by atoms with Crippen molar-refractivity contribution in [1.82, 2.24) is 4.90 Å². The van der Waals surface area contributed by atoms with Crippen LogP contribution < -0.4 is 0 Å². The largest absolute Gasteiger partial charge is 0.480 e. The van der Waals surface area contributed by atoms with Gasteiger partial charge in [-0.05, 0) is 43.9 Å². The summed E-state index contributed by atoms with van der Waals surface area (Å²) in [6.45, 7) is 3.70. The number of benzene rings is 1. The molecule has 1 aliphatic heterocycles. The lowest BCUT2D eigenvalue weighted by Gasteiger charge is -2.35. The van der Waals surface area contributed by atoms with Crippen molar-refractivity contribution in [1.29, 1.82) is 0 Å². The van der Waals surface area contributed by atoms with E-state index in [4.69, 9.17) is 9.84 Å². The van der Waals surface area contributed by atoms with Gasteiger partial charge in [0.25, 0.3) is 0 Å². The quantitative estimate of drug-likeness (QED) is 0.875. The van der Waals surface area contributed by atoms with Gasteiger partial charge in [0.2, 0.25) is 0 Å². The summed E-state index contributed by atoms with van der Waals surface area (Å²) in [7, 11) is 0. The van der Waals surface area contributed by atoms with Crippen LogP contribution in [0.3, 0.4) is 0 Å². The molecule has 0 saturated carbocycles. The highest BCUT2D eigenvalue weighted by Crippen LogP contribution is 2.18. The molecule has 4 nitrogen and oxygen atoms in total. The van der Waals surface area contributed by atoms with Gasteiger partial charge >= 0.3 is 5.97 Å². The minimum absolute atomic E-state index is 0.0405. The summed E-state index contributed by atoms with van der Waals surface area (Å²) in [5, 5.41) is 8.60. The van der Waals surface area contributed by atoms with E-state index in [2.05, 4.69) is 11.8 Å². The van der Waals surface area contributed by atoms with Crippen LogP contribution in [0.4, 0.5) is 4.39 Å². The second-order valence-electron chi connectivity index (χ2n) is 5.62. The maximum Gasteiger partial charge on any atom is 0.329 e. The number of nitrogens with zero attached hydrogens (tertiary/aromatic N) is 1. The normalized spacial score (nSPS) is 18.6. The van der Waals surface area contributed by atoms with Gasteiger partial charge < -0.3 is 14.7 Å². The predicted octanol–water partition coefficient (Wildman–Crippen LogP) is 2.32. The summed E-state index contributed by atoms with van der Waals surface area (Å²) in [5.74, 6) is -1.11. The molecule has 1 aliphatic rings. The van der Waals surface area contributed by atoms with Crippen LogP contribution in [0, 0.1) is 5.82 Å². The number of aliphatic carboxylic acids is 1. The summed E-state index contributed by atoms with van der Waals surface area (Å²) in [6, 6.07) is 7.07. The van der Waals surface area contributed by atoms with Crippen LogP contribution in [-0.2, 0) is 16.0 Å². The standard InChI is InChI=1S/C16H22FNO3/c1-12(9-13-3-2-4-14(17)10-13)18-7-5-15(6-8-18)21-11-16(19)20/h2-4,10,12,15H,5-9,11H2,1H3,(H,19,20). The predicted molar refractivity (Wildman–Crippen MR) is 77.7 cm³/mol. The minimum atomic E-state index is -0.920. The molecule has 0 spiro atoms. The summed E-state index contributed by atoms with van der Waals surface area (Å²) < 4.78 is 18.5. The van der Waals surface area contributed by atoms with Crippen molar-refractivity contribution in [2.75, 3.05) is 19.7 Å². The Kier molecular flexibility index (Phi) is 5.70. The first-order valence-electron chi connectivity index (χ1n) is 7.36. The van der Waals surface area contributed by atoms with E-state index in [1.165, 1.54) is 6.07 Å². The van der Waals surface area contributed by atoms with Crippen molar-refractivity contribution in [3.8, 4) is 0 Å². The van der Waals surface area contributed by atoms with E-state index >= 15 is 0 Å². The summed E-state index contributed by atoms with van der Waals surface area (Å²) in [6.07, 6.45) is 2.55. The Bertz CT molecular complexity index is 472. The van der Waals surface area contributed by atoms with Gasteiger partial charge in [-0.15, -0.1) is 0 Å². The molecule has 1 atom stereocenters. The average molecular weight is 295 g/mol. The van der Waals surface area contributed by atoms with E-state index < -0.39 is 5.97 Å². The van der Waals surface area contributed by atoms with Gasteiger partial charge in [0.15, 0.2) is 0 Å². The lowest BCUT2D eigenvalue weighted by atomic mass is 10.0. The third-order valence-corrected chi connectivity index (χ3v) is 3.96. The molecule has 0 amide bonds. The fourth-order valence-electron chi connectivity index (χ4n) is 2.81. The molecule has 0 aliphatic carbocycles. The van der Waals surface area contributed by atoms with Crippen molar-refractivity contribution in [2.45, 2.75) is 38.3 Å². The number of halogens is 1. The van der Waals surface area contributed by atoms with E-state index in [9.17, 15) is 9.18 Å². The molecule has 0 aromatic heterocycles. The fourth-order valence-corrected chi connectivity index (χ4v) is 2.81. The molecular weight excluding hydrogens is 273 g/mol. The van der Waals surface area contributed by atoms with Gasteiger partial charge in [-0.2, -0.15) is 0 Å². The van der Waals surface area contributed by atoms with Crippen LogP contribution in [-0.4, -0.2) is 47.8 Å². The zero-order valence-electron chi connectivity index (χ0n) is 12.3. The molecule has 1 heterocycles. The molecule has 1 N–H and O–H groups in total. The van der Waals surface area contributed by atoms with Crippen molar-refractivity contribution < 1.29 is 19.0 Å². The first-order chi connectivity index (χ1) is 10.0. The topological polar surface area (TPSA) is 49.8 Å². The number of carboxylic acids is 1.